The number of ether oxygens (including phenoxy) is 1. The molecule has 0 aromatic heterocycles. The summed E-state index contributed by atoms with van der Waals surface area (Å²) < 4.78 is 13.0. The van der Waals surface area contributed by atoms with Crippen molar-refractivity contribution < 1.29 is 14.0 Å². The van der Waals surface area contributed by atoms with Crippen LogP contribution in [0.15, 0.2) is 66.7 Å². The van der Waals surface area contributed by atoms with E-state index in [0.29, 0.717) is 12.3 Å². The number of anilines is 1. The van der Waals surface area contributed by atoms with E-state index in [4.69, 9.17) is 9.16 Å². The van der Waals surface area contributed by atoms with Gasteiger partial charge in [0.15, 0.2) is 0 Å². The van der Waals surface area contributed by atoms with Crippen LogP contribution in [0.4, 0.5) is 5.69 Å². The number of nitrogens with one attached hydrogen (secondary N) is 1. The number of carbonyl (C=O) groups is 1. The zero-order valence-corrected chi connectivity index (χ0v) is 29.8. The lowest BCUT2D eigenvalue weighted by atomic mass is 9.66. The first-order valence-corrected chi connectivity index (χ1v) is 19.5. The molecule has 5 rings (SSSR count). The molecule has 1 N–H and O–H groups in total. The smallest absolute Gasteiger partial charge is 0.225 e. The third-order valence-electron chi connectivity index (χ3n) is 9.87. The molecular formula is C40H54NO3Si. The number of amides is 1. The van der Waals surface area contributed by atoms with Gasteiger partial charge in [0.25, 0.3) is 0 Å². The molecule has 1 saturated carbocycles. The first-order valence-electron chi connectivity index (χ1n) is 17.1. The highest BCUT2D eigenvalue weighted by molar-refractivity contribution is 6.48. The van der Waals surface area contributed by atoms with Gasteiger partial charge in [-0.15, -0.1) is 0 Å². The Balaban J connectivity index is 1.45. The highest BCUT2D eigenvalue weighted by Crippen LogP contribution is 2.47. The Hall–Kier alpha value is -2.89. The van der Waals surface area contributed by atoms with Gasteiger partial charge in [0.2, 0.25) is 14.9 Å². The van der Waals surface area contributed by atoms with Crippen molar-refractivity contribution in [3.8, 4) is 11.5 Å². The Morgan fingerprint density at radius 1 is 0.889 bits per heavy atom. The van der Waals surface area contributed by atoms with Gasteiger partial charge >= 0.3 is 0 Å². The quantitative estimate of drug-likeness (QED) is 0.241. The molecule has 1 fully saturated rings. The molecule has 45 heavy (non-hydrogen) atoms. The lowest BCUT2D eigenvalue weighted by Gasteiger charge is -2.41. The highest BCUT2D eigenvalue weighted by atomic mass is 28.3. The molecule has 1 aliphatic carbocycles. The Labute approximate surface area is 274 Å². The Bertz CT molecular complexity index is 1420. The van der Waals surface area contributed by atoms with E-state index >= 15 is 0 Å². The highest BCUT2D eigenvalue weighted by Gasteiger charge is 2.36. The van der Waals surface area contributed by atoms with Crippen LogP contribution in [0.5, 0.6) is 11.5 Å². The summed E-state index contributed by atoms with van der Waals surface area (Å²) in [6.45, 7) is 18.4. The van der Waals surface area contributed by atoms with E-state index in [1.165, 1.54) is 37.7 Å². The topological polar surface area (TPSA) is 47.6 Å². The van der Waals surface area contributed by atoms with Crippen molar-refractivity contribution in [2.75, 3.05) is 5.32 Å². The summed E-state index contributed by atoms with van der Waals surface area (Å²) in [5.74, 6) is 2.92. The van der Waals surface area contributed by atoms with Gasteiger partial charge in [0, 0.05) is 29.2 Å². The van der Waals surface area contributed by atoms with Gasteiger partial charge in [-0.1, -0.05) is 122 Å². The molecule has 1 aliphatic heterocycles. The second-order valence-corrected chi connectivity index (χ2v) is 17.7. The summed E-state index contributed by atoms with van der Waals surface area (Å²) in [4.78, 5) is 14.0. The fourth-order valence-electron chi connectivity index (χ4n) is 7.69. The van der Waals surface area contributed by atoms with Gasteiger partial charge in [0.05, 0.1) is 6.10 Å². The molecule has 4 nitrogen and oxygen atoms in total. The van der Waals surface area contributed by atoms with Crippen molar-refractivity contribution in [2.45, 2.75) is 117 Å². The van der Waals surface area contributed by atoms with Gasteiger partial charge in [-0.2, -0.15) is 0 Å². The van der Waals surface area contributed by atoms with Gasteiger partial charge in [0.1, 0.15) is 11.5 Å². The van der Waals surface area contributed by atoms with Crippen molar-refractivity contribution in [1.29, 1.82) is 0 Å². The van der Waals surface area contributed by atoms with Crippen molar-refractivity contribution in [3.63, 3.8) is 0 Å². The molecule has 0 saturated heterocycles. The molecule has 3 aromatic rings. The number of benzene rings is 3. The van der Waals surface area contributed by atoms with E-state index in [0.717, 1.165) is 46.2 Å². The summed E-state index contributed by atoms with van der Waals surface area (Å²) in [6.07, 6.45) is 8.08. The van der Waals surface area contributed by atoms with E-state index in [-0.39, 0.29) is 28.8 Å². The number of para-hydroxylation sites is 2. The van der Waals surface area contributed by atoms with Crippen LogP contribution in [0.1, 0.15) is 121 Å². The van der Waals surface area contributed by atoms with Crippen LogP contribution in [0.25, 0.3) is 0 Å². The molecule has 1 heterocycles. The van der Waals surface area contributed by atoms with E-state index in [1.807, 2.05) is 36.4 Å². The predicted octanol–water partition coefficient (Wildman–Crippen LogP) is 11.2. The minimum atomic E-state index is -0.948. The van der Waals surface area contributed by atoms with Gasteiger partial charge in [-0.25, -0.2) is 0 Å². The molecule has 0 spiro atoms. The van der Waals surface area contributed by atoms with Crippen LogP contribution >= 0.6 is 0 Å². The maximum atomic E-state index is 14.0. The largest absolute Gasteiger partial charge is 0.457 e. The van der Waals surface area contributed by atoms with Crippen LogP contribution in [0, 0.1) is 17.3 Å². The molecule has 0 bridgehead atoms. The maximum absolute atomic E-state index is 14.0. The van der Waals surface area contributed by atoms with Crippen LogP contribution in [-0.4, -0.2) is 14.9 Å². The Kier molecular flexibility index (Phi) is 10.3. The van der Waals surface area contributed by atoms with Crippen molar-refractivity contribution in [1.82, 2.24) is 0 Å². The summed E-state index contributed by atoms with van der Waals surface area (Å²) in [7, 11) is -0.948. The second kappa shape index (κ2) is 13.8. The molecule has 2 unspecified atom stereocenters. The third-order valence-corrected chi connectivity index (χ3v) is 10.6. The zero-order valence-electron chi connectivity index (χ0n) is 28.8. The van der Waals surface area contributed by atoms with Crippen molar-refractivity contribution in [2.24, 2.45) is 17.3 Å². The molecule has 5 heteroatoms. The fraction of sp³-hybridized carbons (Fsp3) is 0.525. The zero-order chi connectivity index (χ0) is 32.4. The Morgan fingerprint density at radius 3 is 2.04 bits per heavy atom. The van der Waals surface area contributed by atoms with Crippen LogP contribution < -0.4 is 10.1 Å². The van der Waals surface area contributed by atoms with Gasteiger partial charge in [-0.3, -0.25) is 4.79 Å². The molecule has 3 aromatic carbocycles. The van der Waals surface area contributed by atoms with E-state index in [1.54, 1.807) is 0 Å². The lowest BCUT2D eigenvalue weighted by Crippen LogP contribution is -2.32. The average molecular weight is 625 g/mol. The normalized spacial score (nSPS) is 17.3. The molecule has 1 radical (unpaired) electrons. The van der Waals surface area contributed by atoms with Crippen molar-refractivity contribution >= 4 is 20.6 Å². The van der Waals surface area contributed by atoms with Crippen LogP contribution in [0.2, 0.25) is 13.1 Å². The molecular weight excluding hydrogens is 571 g/mol. The lowest BCUT2D eigenvalue weighted by molar-refractivity contribution is -0.116. The molecule has 1 amide bonds. The van der Waals surface area contributed by atoms with E-state index in [2.05, 4.69) is 90.3 Å². The summed E-state index contributed by atoms with van der Waals surface area (Å²) >= 11 is 0. The standard InChI is InChI=1S/C40H54NO3Si/c1-39(2,3)32-23-22-28(37(44-45(7)8)26-33(40(4,5)6)27-16-10-9-11-17-27)24-34(32)41-38(42)25-31-29-18-12-14-20-35(29)43-36-21-15-13-19-30(31)36/h12-15,18-24,27,31,33,37H,9-11,16-17,25-26H2,1-8H3,(H,41,42). The van der Waals surface area contributed by atoms with E-state index < -0.39 is 9.04 Å². The first-order chi connectivity index (χ1) is 21.3. The molecule has 2 atom stereocenters. The summed E-state index contributed by atoms with van der Waals surface area (Å²) in [5, 5.41) is 3.39. The number of hydrogen-bond acceptors (Lipinski definition) is 3. The summed E-state index contributed by atoms with van der Waals surface area (Å²) in [5.41, 5.74) is 5.41. The van der Waals surface area contributed by atoms with Crippen LogP contribution in [-0.2, 0) is 14.6 Å². The first kappa shape index (κ1) is 33.5. The summed E-state index contributed by atoms with van der Waals surface area (Å²) in [6, 6.07) is 22.9. The number of fused-ring (bicyclic) bond motifs is 2. The fourth-order valence-corrected chi connectivity index (χ4v) is 8.49. The second-order valence-electron chi connectivity index (χ2n) is 15.7. The molecule has 2 aliphatic rings. The minimum Gasteiger partial charge on any atom is -0.457 e. The van der Waals surface area contributed by atoms with E-state index in [9.17, 15) is 4.79 Å². The average Bonchev–Trinajstić information content (AvgIpc) is 2.98. The minimum absolute atomic E-state index is 0.0112. The van der Waals surface area contributed by atoms with Crippen LogP contribution in [0.3, 0.4) is 0 Å². The van der Waals surface area contributed by atoms with Gasteiger partial charge < -0.3 is 14.5 Å². The number of hydrogen-bond donors (Lipinski definition) is 1. The monoisotopic (exact) mass is 624 g/mol. The number of rotatable bonds is 9. The van der Waals surface area contributed by atoms with Gasteiger partial charge in [-0.05, 0) is 71.5 Å². The maximum Gasteiger partial charge on any atom is 0.225 e. The SMILES string of the molecule is C[Si](C)OC(CC(C1CCCCC1)C(C)(C)C)c1ccc(C(C)(C)C)c(NC(=O)CC2c3ccccc3Oc3ccccc32)c1. The van der Waals surface area contributed by atoms with Crippen molar-refractivity contribution in [3.05, 3.63) is 89.0 Å². The number of carbonyl (C=O) groups excluding carboxylic acids is 1. The Morgan fingerprint density at radius 2 is 1.49 bits per heavy atom. The predicted molar refractivity (Wildman–Crippen MR) is 189 cm³/mol. The molecule has 241 valence electrons. The third kappa shape index (κ3) is 8.10.